The zero-order valence-corrected chi connectivity index (χ0v) is 11.0. The van der Waals surface area contributed by atoms with Crippen LogP contribution in [0.25, 0.3) is 0 Å². The summed E-state index contributed by atoms with van der Waals surface area (Å²) in [6.07, 6.45) is 8.85. The van der Waals surface area contributed by atoms with Crippen LogP contribution in [0.4, 0.5) is 5.69 Å². The van der Waals surface area contributed by atoms with Gasteiger partial charge in [0.25, 0.3) is 0 Å². The van der Waals surface area contributed by atoms with Crippen molar-refractivity contribution in [3.8, 4) is 0 Å². The van der Waals surface area contributed by atoms with Crippen LogP contribution in [0.5, 0.6) is 0 Å². The number of hydrogen-bond donors (Lipinski definition) is 1. The fourth-order valence-electron chi connectivity index (χ4n) is 2.44. The molecule has 0 unspecified atom stereocenters. The van der Waals surface area contributed by atoms with Gasteiger partial charge in [0.1, 0.15) is 0 Å². The summed E-state index contributed by atoms with van der Waals surface area (Å²) in [6, 6.07) is 5.67. The zero-order chi connectivity index (χ0) is 13.0. The van der Waals surface area contributed by atoms with Crippen LogP contribution in [0.15, 0.2) is 29.8 Å². The molecular formula is C16H21NO. The Morgan fingerprint density at radius 1 is 1.17 bits per heavy atom. The molecule has 1 aliphatic rings. The van der Waals surface area contributed by atoms with E-state index in [2.05, 4.69) is 6.08 Å². The van der Waals surface area contributed by atoms with Crippen LogP contribution in [0.3, 0.4) is 0 Å². The van der Waals surface area contributed by atoms with E-state index < -0.39 is 0 Å². The fraction of sp³-hybridized carbons (Fsp3) is 0.438. The number of aryl methyl sites for hydroxylation is 1. The van der Waals surface area contributed by atoms with Crippen LogP contribution in [0.2, 0.25) is 0 Å². The third-order valence-electron chi connectivity index (χ3n) is 3.54. The van der Waals surface area contributed by atoms with Crippen molar-refractivity contribution in [3.63, 3.8) is 0 Å². The van der Waals surface area contributed by atoms with Gasteiger partial charge in [-0.25, -0.2) is 0 Å². The van der Waals surface area contributed by atoms with E-state index >= 15 is 0 Å². The number of rotatable bonds is 2. The second-order valence-electron chi connectivity index (χ2n) is 5.10. The molecule has 0 radical (unpaired) electrons. The highest BCUT2D eigenvalue weighted by atomic mass is 16.1. The number of anilines is 1. The van der Waals surface area contributed by atoms with Crippen LogP contribution in [-0.2, 0) is 0 Å². The number of ketones is 1. The Morgan fingerprint density at radius 2 is 1.94 bits per heavy atom. The van der Waals surface area contributed by atoms with E-state index in [4.69, 9.17) is 5.73 Å². The quantitative estimate of drug-likeness (QED) is 0.629. The minimum absolute atomic E-state index is 0.123. The second-order valence-corrected chi connectivity index (χ2v) is 5.10. The number of carbonyl (C=O) groups excluding carboxylic acids is 1. The van der Waals surface area contributed by atoms with Gasteiger partial charge in [-0.3, -0.25) is 4.79 Å². The van der Waals surface area contributed by atoms with Gasteiger partial charge in [0, 0.05) is 11.3 Å². The molecule has 0 saturated heterocycles. The molecule has 0 spiro atoms. The summed E-state index contributed by atoms with van der Waals surface area (Å²) in [5, 5.41) is 0. The number of hydrogen-bond acceptors (Lipinski definition) is 2. The van der Waals surface area contributed by atoms with Gasteiger partial charge >= 0.3 is 0 Å². The molecular weight excluding hydrogens is 222 g/mol. The van der Waals surface area contributed by atoms with Crippen molar-refractivity contribution < 1.29 is 4.79 Å². The molecule has 18 heavy (non-hydrogen) atoms. The predicted molar refractivity (Wildman–Crippen MR) is 75.7 cm³/mol. The molecule has 0 aliphatic heterocycles. The Kier molecular flexibility index (Phi) is 4.19. The van der Waals surface area contributed by atoms with E-state index in [0.717, 1.165) is 30.4 Å². The SMILES string of the molecule is Cc1ccc(N)c(C(=O)/C2=C/CCCCCC2)c1. The minimum Gasteiger partial charge on any atom is -0.398 e. The second kappa shape index (κ2) is 5.85. The minimum atomic E-state index is 0.123. The summed E-state index contributed by atoms with van der Waals surface area (Å²) >= 11 is 0. The van der Waals surface area contributed by atoms with Gasteiger partial charge in [-0.15, -0.1) is 0 Å². The molecule has 96 valence electrons. The maximum absolute atomic E-state index is 12.5. The molecule has 1 aromatic carbocycles. The van der Waals surface area contributed by atoms with Gasteiger partial charge in [0.15, 0.2) is 5.78 Å². The Hall–Kier alpha value is -1.57. The van der Waals surface area contributed by atoms with E-state index in [1.807, 2.05) is 25.1 Å². The fourth-order valence-corrected chi connectivity index (χ4v) is 2.44. The normalized spacial score (nSPS) is 19.5. The lowest BCUT2D eigenvalue weighted by molar-refractivity contribution is 0.103. The first-order valence-corrected chi connectivity index (χ1v) is 6.78. The summed E-state index contributed by atoms with van der Waals surface area (Å²) in [6.45, 7) is 1.99. The highest BCUT2D eigenvalue weighted by Crippen LogP contribution is 2.23. The summed E-state index contributed by atoms with van der Waals surface area (Å²) in [4.78, 5) is 12.5. The molecule has 0 amide bonds. The average Bonchev–Trinajstić information content (AvgIpc) is 2.31. The van der Waals surface area contributed by atoms with Gasteiger partial charge < -0.3 is 5.73 Å². The van der Waals surface area contributed by atoms with Crippen LogP contribution < -0.4 is 5.73 Å². The molecule has 2 nitrogen and oxygen atoms in total. The standard InChI is InChI=1S/C16H21NO/c1-12-9-10-15(17)14(11-12)16(18)13-7-5-3-2-4-6-8-13/h7,9-11H,2-6,8,17H2,1H3/b13-7+. The Balaban J connectivity index is 2.26. The van der Waals surface area contributed by atoms with Crippen molar-refractivity contribution in [2.24, 2.45) is 0 Å². The van der Waals surface area contributed by atoms with Crippen molar-refractivity contribution in [1.82, 2.24) is 0 Å². The predicted octanol–water partition coefficient (Wildman–Crippen LogP) is 4.04. The summed E-state index contributed by atoms with van der Waals surface area (Å²) in [5.41, 5.74) is 9.21. The number of allylic oxidation sites excluding steroid dienone is 2. The maximum Gasteiger partial charge on any atom is 0.190 e. The first-order chi connectivity index (χ1) is 8.68. The number of nitrogens with two attached hydrogens (primary N) is 1. The van der Waals surface area contributed by atoms with Crippen molar-refractivity contribution in [2.75, 3.05) is 5.73 Å². The first kappa shape index (κ1) is 12.9. The summed E-state index contributed by atoms with van der Waals surface area (Å²) in [7, 11) is 0. The lowest BCUT2D eigenvalue weighted by atomic mass is 9.93. The molecule has 2 N–H and O–H groups in total. The van der Waals surface area contributed by atoms with Gasteiger partial charge in [-0.1, -0.05) is 30.5 Å². The van der Waals surface area contributed by atoms with Crippen molar-refractivity contribution in [3.05, 3.63) is 41.0 Å². The Labute approximate surface area is 109 Å². The average molecular weight is 243 g/mol. The maximum atomic E-state index is 12.5. The van der Waals surface area contributed by atoms with Crippen LogP contribution >= 0.6 is 0 Å². The van der Waals surface area contributed by atoms with Crippen molar-refractivity contribution in [2.45, 2.75) is 45.4 Å². The molecule has 2 rings (SSSR count). The number of nitrogen functional groups attached to an aromatic ring is 1. The van der Waals surface area contributed by atoms with Crippen LogP contribution in [0.1, 0.15) is 54.4 Å². The van der Waals surface area contributed by atoms with E-state index in [9.17, 15) is 4.79 Å². The van der Waals surface area contributed by atoms with E-state index in [1.54, 1.807) is 0 Å². The number of Topliss-reactive ketones (excluding diaryl/α,β-unsaturated/α-hetero) is 1. The number of carbonyl (C=O) groups is 1. The van der Waals surface area contributed by atoms with Crippen LogP contribution in [-0.4, -0.2) is 5.78 Å². The molecule has 1 aromatic rings. The van der Waals surface area contributed by atoms with Gasteiger partial charge in [0.05, 0.1) is 0 Å². The lowest BCUT2D eigenvalue weighted by Crippen LogP contribution is -2.08. The molecule has 0 bridgehead atoms. The Morgan fingerprint density at radius 3 is 2.78 bits per heavy atom. The molecule has 1 aliphatic carbocycles. The number of benzene rings is 1. The largest absolute Gasteiger partial charge is 0.398 e. The van der Waals surface area contributed by atoms with Gasteiger partial charge in [-0.2, -0.15) is 0 Å². The topological polar surface area (TPSA) is 43.1 Å². The summed E-state index contributed by atoms with van der Waals surface area (Å²) < 4.78 is 0. The zero-order valence-electron chi connectivity index (χ0n) is 11.0. The van der Waals surface area contributed by atoms with Crippen molar-refractivity contribution >= 4 is 11.5 Å². The lowest BCUT2D eigenvalue weighted by Gasteiger charge is -2.12. The third kappa shape index (κ3) is 3.00. The van der Waals surface area contributed by atoms with Crippen LogP contribution in [0, 0.1) is 6.92 Å². The highest BCUT2D eigenvalue weighted by Gasteiger charge is 2.15. The molecule has 2 heteroatoms. The van der Waals surface area contributed by atoms with E-state index in [0.29, 0.717) is 11.3 Å². The van der Waals surface area contributed by atoms with Gasteiger partial charge in [0.2, 0.25) is 0 Å². The molecule has 0 fully saturated rings. The van der Waals surface area contributed by atoms with Crippen molar-refractivity contribution in [1.29, 1.82) is 0 Å². The Bertz CT molecular complexity index is 474. The molecule has 0 aromatic heterocycles. The molecule has 0 atom stereocenters. The smallest absolute Gasteiger partial charge is 0.190 e. The third-order valence-corrected chi connectivity index (χ3v) is 3.54. The first-order valence-electron chi connectivity index (χ1n) is 6.78. The van der Waals surface area contributed by atoms with E-state index in [-0.39, 0.29) is 5.78 Å². The van der Waals surface area contributed by atoms with Gasteiger partial charge in [-0.05, 0) is 50.3 Å². The molecule has 0 heterocycles. The highest BCUT2D eigenvalue weighted by molar-refractivity contribution is 6.11. The monoisotopic (exact) mass is 243 g/mol. The molecule has 0 saturated carbocycles. The van der Waals surface area contributed by atoms with E-state index in [1.165, 1.54) is 19.3 Å². The summed E-state index contributed by atoms with van der Waals surface area (Å²) in [5.74, 6) is 0.123.